The monoisotopic (exact) mass is 384 g/mol. The van der Waals surface area contributed by atoms with Crippen molar-refractivity contribution >= 4 is 12.0 Å². The van der Waals surface area contributed by atoms with Crippen LogP contribution in [0, 0.1) is 5.82 Å². The topological polar surface area (TPSA) is 120 Å². The van der Waals surface area contributed by atoms with Crippen molar-refractivity contribution in [1.29, 1.82) is 0 Å². The van der Waals surface area contributed by atoms with E-state index in [0.717, 1.165) is 25.6 Å². The zero-order valence-corrected chi connectivity index (χ0v) is 15.9. The summed E-state index contributed by atoms with van der Waals surface area (Å²) in [6.45, 7) is 5.09. The number of ether oxygens (including phenoxy) is 2. The number of carbonyl (C=O) groups is 1. The first-order valence-electron chi connectivity index (χ1n) is 9.36. The molecular formula is C18H29FN4O4. The highest BCUT2D eigenvalue weighted by atomic mass is 19.1. The van der Waals surface area contributed by atoms with Crippen LogP contribution in [0.2, 0.25) is 0 Å². The van der Waals surface area contributed by atoms with E-state index in [-0.39, 0.29) is 30.1 Å². The van der Waals surface area contributed by atoms with Crippen LogP contribution in [-0.2, 0) is 9.47 Å². The lowest BCUT2D eigenvalue weighted by Gasteiger charge is -2.15. The lowest BCUT2D eigenvalue weighted by molar-refractivity contribution is -0.00535. The summed E-state index contributed by atoms with van der Waals surface area (Å²) < 4.78 is 23.9. The summed E-state index contributed by atoms with van der Waals surface area (Å²) in [5.74, 6) is -0.489. The van der Waals surface area contributed by atoms with Crippen LogP contribution in [0.15, 0.2) is 6.20 Å². The lowest BCUT2D eigenvalue weighted by atomic mass is 10.0. The van der Waals surface area contributed by atoms with Gasteiger partial charge in [0.1, 0.15) is 6.10 Å². The Morgan fingerprint density at radius 2 is 2.22 bits per heavy atom. The number of amides is 1. The van der Waals surface area contributed by atoms with Crippen LogP contribution in [0.4, 0.5) is 15.1 Å². The molecule has 0 aromatic carbocycles. The Balaban J connectivity index is 0.000000313. The molecule has 152 valence electrons. The van der Waals surface area contributed by atoms with Crippen molar-refractivity contribution < 1.29 is 23.8 Å². The molecule has 0 spiro atoms. The van der Waals surface area contributed by atoms with E-state index in [4.69, 9.17) is 20.3 Å². The molecule has 1 aliphatic carbocycles. The predicted octanol–water partition coefficient (Wildman–Crippen LogP) is 2.13. The van der Waals surface area contributed by atoms with Crippen molar-refractivity contribution in [2.75, 3.05) is 18.9 Å². The number of hydrogen-bond acceptors (Lipinski definition) is 7. The second-order valence-electron chi connectivity index (χ2n) is 7.17. The van der Waals surface area contributed by atoms with E-state index in [2.05, 4.69) is 15.3 Å². The normalized spacial score (nSPS) is 24.9. The third kappa shape index (κ3) is 7.26. The Kier molecular flexibility index (Phi) is 8.18. The van der Waals surface area contributed by atoms with Crippen LogP contribution in [0.5, 0.6) is 0 Å². The van der Waals surface area contributed by atoms with Gasteiger partial charge in [-0.3, -0.25) is 0 Å². The molecule has 1 saturated carbocycles. The zero-order valence-electron chi connectivity index (χ0n) is 15.9. The van der Waals surface area contributed by atoms with E-state index in [1.54, 1.807) is 0 Å². The molecule has 2 fully saturated rings. The molecule has 3 unspecified atom stereocenters. The number of hydrogen-bond donors (Lipinski definition) is 3. The van der Waals surface area contributed by atoms with E-state index < -0.39 is 11.9 Å². The highest BCUT2D eigenvalue weighted by Gasteiger charge is 2.31. The summed E-state index contributed by atoms with van der Waals surface area (Å²) in [7, 11) is 0. The second-order valence-corrected chi connectivity index (χ2v) is 7.17. The number of alkyl carbamates (subject to hydrolysis) is 1. The fraction of sp³-hybridized carbons (Fsp3) is 0.722. The molecule has 9 heteroatoms. The van der Waals surface area contributed by atoms with Crippen LogP contribution >= 0.6 is 0 Å². The fourth-order valence-corrected chi connectivity index (χ4v) is 3.12. The first-order valence-corrected chi connectivity index (χ1v) is 9.36. The van der Waals surface area contributed by atoms with Gasteiger partial charge in [-0.15, -0.1) is 0 Å². The molecule has 0 bridgehead atoms. The number of nitrogens with two attached hydrogens (primary N) is 1. The molecule has 2 heterocycles. The summed E-state index contributed by atoms with van der Waals surface area (Å²) in [6, 6.07) is 0.0267. The molecule has 8 nitrogen and oxygen atoms in total. The van der Waals surface area contributed by atoms with Crippen LogP contribution in [-0.4, -0.2) is 52.6 Å². The average molecular weight is 384 g/mol. The van der Waals surface area contributed by atoms with Gasteiger partial charge in [-0.05, 0) is 46.0 Å². The molecular weight excluding hydrogens is 355 g/mol. The maximum Gasteiger partial charge on any atom is 0.407 e. The molecule has 4 N–H and O–H groups in total. The fourth-order valence-electron chi connectivity index (χ4n) is 3.12. The number of nitrogens with zero attached hydrogens (tertiary/aromatic N) is 2. The lowest BCUT2D eigenvalue weighted by Crippen LogP contribution is -2.33. The number of nitrogens with one attached hydrogen (secondary N) is 1. The number of aliphatic hydroxyl groups is 1. The maximum absolute atomic E-state index is 13.7. The third-order valence-electron chi connectivity index (χ3n) is 4.38. The largest absolute Gasteiger partial charge is 0.446 e. The SMILES string of the molecule is CC(C)NC(=O)OC1CCC(c2nc(N)ncc2F)C1.OC1CCCOC1. The van der Waals surface area contributed by atoms with Crippen molar-refractivity contribution in [2.24, 2.45) is 0 Å². The van der Waals surface area contributed by atoms with Crippen molar-refractivity contribution in [3.8, 4) is 0 Å². The molecule has 3 atom stereocenters. The van der Waals surface area contributed by atoms with Gasteiger partial charge in [0.2, 0.25) is 5.95 Å². The molecule has 27 heavy (non-hydrogen) atoms. The molecule has 1 saturated heterocycles. The number of aliphatic hydroxyl groups excluding tert-OH is 1. The van der Waals surface area contributed by atoms with Gasteiger partial charge in [0.05, 0.1) is 24.6 Å². The number of anilines is 1. The Bertz CT molecular complexity index is 611. The quantitative estimate of drug-likeness (QED) is 0.730. The summed E-state index contributed by atoms with van der Waals surface area (Å²) in [4.78, 5) is 19.1. The third-order valence-corrected chi connectivity index (χ3v) is 4.38. The highest BCUT2D eigenvalue weighted by Crippen LogP contribution is 2.36. The number of carbonyl (C=O) groups excluding carboxylic acids is 1. The molecule has 1 aliphatic heterocycles. The number of rotatable bonds is 3. The Morgan fingerprint density at radius 1 is 1.44 bits per heavy atom. The molecule has 3 rings (SSSR count). The van der Waals surface area contributed by atoms with E-state index in [1.807, 2.05) is 13.8 Å². The molecule has 1 aromatic rings. The smallest absolute Gasteiger partial charge is 0.407 e. The highest BCUT2D eigenvalue weighted by molar-refractivity contribution is 5.67. The minimum Gasteiger partial charge on any atom is -0.446 e. The molecule has 2 aliphatic rings. The summed E-state index contributed by atoms with van der Waals surface area (Å²) in [5, 5.41) is 11.4. The Labute approximate surface area is 158 Å². The summed E-state index contributed by atoms with van der Waals surface area (Å²) >= 11 is 0. The van der Waals surface area contributed by atoms with Gasteiger partial charge in [0, 0.05) is 18.6 Å². The van der Waals surface area contributed by atoms with Crippen molar-refractivity contribution in [3.05, 3.63) is 17.7 Å². The standard InChI is InChI=1S/C13H19FN4O2.C5H10O2/c1-7(2)17-13(19)20-9-4-3-8(5-9)11-10(14)6-16-12(15)18-11;6-5-2-1-3-7-4-5/h6-9H,3-5H2,1-2H3,(H,17,19)(H2,15,16,18);5-6H,1-4H2. The predicted molar refractivity (Wildman–Crippen MR) is 97.6 cm³/mol. The Hall–Kier alpha value is -2.00. The van der Waals surface area contributed by atoms with Gasteiger partial charge in [-0.1, -0.05) is 0 Å². The average Bonchev–Trinajstić information content (AvgIpc) is 3.05. The van der Waals surface area contributed by atoms with Gasteiger partial charge < -0.3 is 25.6 Å². The van der Waals surface area contributed by atoms with E-state index >= 15 is 0 Å². The van der Waals surface area contributed by atoms with Crippen LogP contribution in [0.3, 0.4) is 0 Å². The summed E-state index contributed by atoms with van der Waals surface area (Å²) in [6.07, 6.45) is 4.14. The first kappa shape index (κ1) is 21.3. The molecule has 1 amide bonds. The zero-order chi connectivity index (χ0) is 19.8. The number of nitrogen functional groups attached to an aromatic ring is 1. The van der Waals surface area contributed by atoms with Crippen LogP contribution in [0.25, 0.3) is 0 Å². The maximum atomic E-state index is 13.7. The second kappa shape index (κ2) is 10.4. The van der Waals surface area contributed by atoms with Crippen molar-refractivity contribution in [3.63, 3.8) is 0 Å². The Morgan fingerprint density at radius 3 is 2.81 bits per heavy atom. The number of halogens is 1. The molecule has 1 aromatic heterocycles. The first-order chi connectivity index (χ1) is 12.8. The van der Waals surface area contributed by atoms with Crippen molar-refractivity contribution in [1.82, 2.24) is 15.3 Å². The van der Waals surface area contributed by atoms with Gasteiger partial charge >= 0.3 is 6.09 Å². The van der Waals surface area contributed by atoms with Crippen LogP contribution < -0.4 is 11.1 Å². The number of aromatic nitrogens is 2. The minimum atomic E-state index is -0.462. The molecule has 0 radical (unpaired) electrons. The van der Waals surface area contributed by atoms with E-state index in [1.165, 1.54) is 0 Å². The minimum absolute atomic E-state index is 0.0267. The summed E-state index contributed by atoms with van der Waals surface area (Å²) in [5.41, 5.74) is 5.79. The van der Waals surface area contributed by atoms with E-state index in [0.29, 0.717) is 31.6 Å². The van der Waals surface area contributed by atoms with Crippen molar-refractivity contribution in [2.45, 2.75) is 70.1 Å². The van der Waals surface area contributed by atoms with Gasteiger partial charge in [0.15, 0.2) is 5.82 Å². The van der Waals surface area contributed by atoms with Gasteiger partial charge in [-0.25, -0.2) is 19.2 Å². The van der Waals surface area contributed by atoms with Gasteiger partial charge in [0.25, 0.3) is 0 Å². The van der Waals surface area contributed by atoms with Crippen LogP contribution in [0.1, 0.15) is 57.6 Å². The van der Waals surface area contributed by atoms with E-state index in [9.17, 15) is 9.18 Å². The van der Waals surface area contributed by atoms with Gasteiger partial charge in [-0.2, -0.15) is 0 Å².